The van der Waals surface area contributed by atoms with Gasteiger partial charge in [-0.15, -0.1) is 24.0 Å². The summed E-state index contributed by atoms with van der Waals surface area (Å²) in [5.41, 5.74) is 2.43. The largest absolute Gasteiger partial charge is 0.444 e. The van der Waals surface area contributed by atoms with Crippen LogP contribution in [0.2, 0.25) is 0 Å². The molecule has 6 nitrogen and oxygen atoms in total. The van der Waals surface area contributed by atoms with Gasteiger partial charge in [0.2, 0.25) is 0 Å². The summed E-state index contributed by atoms with van der Waals surface area (Å²) in [6.45, 7) is 8.14. The number of carbonyl (C=O) groups excluding carboxylic acids is 1. The number of hydrogen-bond acceptors (Lipinski definition) is 3. The van der Waals surface area contributed by atoms with E-state index in [1.165, 1.54) is 11.1 Å². The van der Waals surface area contributed by atoms with Crippen LogP contribution in [0.15, 0.2) is 29.3 Å². The Morgan fingerprint density at radius 1 is 1.33 bits per heavy atom. The molecular weight excluding hydrogens is 455 g/mol. The summed E-state index contributed by atoms with van der Waals surface area (Å²) >= 11 is 0. The van der Waals surface area contributed by atoms with E-state index in [4.69, 9.17) is 4.74 Å². The number of aliphatic imine (C=N–C) groups is 1. The maximum atomic E-state index is 11.9. The number of guanidine groups is 1. The number of amides is 1. The van der Waals surface area contributed by atoms with Gasteiger partial charge in [0.25, 0.3) is 0 Å². The Bertz CT molecular complexity index is 687. The molecule has 1 aliphatic carbocycles. The van der Waals surface area contributed by atoms with Crippen molar-refractivity contribution in [3.05, 3.63) is 35.4 Å². The zero-order chi connectivity index (χ0) is 18.7. The lowest BCUT2D eigenvalue weighted by atomic mass is 9.78. The Balaban J connectivity index is 0.00000261. The van der Waals surface area contributed by atoms with Crippen molar-refractivity contribution in [1.82, 2.24) is 15.5 Å². The zero-order valence-corrected chi connectivity index (χ0v) is 18.9. The monoisotopic (exact) mass is 486 g/mol. The van der Waals surface area contributed by atoms with Gasteiger partial charge in [-0.3, -0.25) is 4.99 Å². The number of fused-ring (bicyclic) bond motifs is 1. The fraction of sp³-hybridized carbons (Fsp3) is 0.600. The first-order valence-corrected chi connectivity index (χ1v) is 9.38. The summed E-state index contributed by atoms with van der Waals surface area (Å²) < 4.78 is 5.34. The van der Waals surface area contributed by atoms with Crippen molar-refractivity contribution in [3.63, 3.8) is 0 Å². The van der Waals surface area contributed by atoms with Crippen LogP contribution in [0.25, 0.3) is 0 Å². The fourth-order valence-corrected chi connectivity index (χ4v) is 3.64. The van der Waals surface area contributed by atoms with Gasteiger partial charge >= 0.3 is 6.09 Å². The predicted molar refractivity (Wildman–Crippen MR) is 119 cm³/mol. The van der Waals surface area contributed by atoms with Crippen LogP contribution >= 0.6 is 24.0 Å². The quantitative estimate of drug-likeness (QED) is 0.392. The highest BCUT2D eigenvalue weighted by atomic mass is 127. The van der Waals surface area contributed by atoms with Crippen LogP contribution in [0.3, 0.4) is 0 Å². The molecule has 2 unspecified atom stereocenters. The van der Waals surface area contributed by atoms with E-state index in [1.807, 2.05) is 27.8 Å². The fourth-order valence-electron chi connectivity index (χ4n) is 3.64. The van der Waals surface area contributed by atoms with E-state index >= 15 is 0 Å². The second kappa shape index (κ2) is 9.12. The Hall–Kier alpha value is -1.51. The minimum absolute atomic E-state index is 0. The van der Waals surface area contributed by atoms with Crippen molar-refractivity contribution in [1.29, 1.82) is 0 Å². The van der Waals surface area contributed by atoms with Gasteiger partial charge in [-0.05, 0) is 44.7 Å². The van der Waals surface area contributed by atoms with Gasteiger partial charge in [-0.1, -0.05) is 24.3 Å². The van der Waals surface area contributed by atoms with Crippen molar-refractivity contribution < 1.29 is 9.53 Å². The number of nitrogens with one attached hydrogen (secondary N) is 2. The summed E-state index contributed by atoms with van der Waals surface area (Å²) in [7, 11) is 1.81. The van der Waals surface area contributed by atoms with E-state index in [0.717, 1.165) is 38.4 Å². The molecule has 3 rings (SSSR count). The maximum Gasteiger partial charge on any atom is 0.407 e. The molecule has 0 saturated carbocycles. The average molecular weight is 486 g/mol. The van der Waals surface area contributed by atoms with Crippen LogP contribution in [0, 0.1) is 0 Å². The maximum absolute atomic E-state index is 11.9. The Morgan fingerprint density at radius 2 is 2.07 bits per heavy atom. The average Bonchev–Trinajstić information content (AvgIpc) is 2.98. The third-order valence-corrected chi connectivity index (χ3v) is 4.89. The molecule has 2 aliphatic rings. The summed E-state index contributed by atoms with van der Waals surface area (Å²) in [5.74, 6) is 1.46. The molecule has 7 heteroatoms. The SMILES string of the molecule is CN=C(NCC1Cc2ccccc21)N1CCC(NC(=O)OC(C)(C)C)C1.I. The molecule has 1 aromatic carbocycles. The van der Waals surface area contributed by atoms with Crippen LogP contribution in [-0.4, -0.2) is 55.3 Å². The second-order valence-electron chi connectivity index (χ2n) is 8.11. The molecule has 0 spiro atoms. The van der Waals surface area contributed by atoms with E-state index in [0.29, 0.717) is 5.92 Å². The highest BCUT2D eigenvalue weighted by Crippen LogP contribution is 2.34. The third-order valence-electron chi connectivity index (χ3n) is 4.89. The zero-order valence-electron chi connectivity index (χ0n) is 16.6. The van der Waals surface area contributed by atoms with Crippen LogP contribution < -0.4 is 10.6 Å². The molecule has 150 valence electrons. The number of likely N-dealkylation sites (tertiary alicyclic amines) is 1. The van der Waals surface area contributed by atoms with Gasteiger partial charge in [0, 0.05) is 32.6 Å². The minimum atomic E-state index is -0.473. The highest BCUT2D eigenvalue weighted by Gasteiger charge is 2.29. The lowest BCUT2D eigenvalue weighted by molar-refractivity contribution is 0.0507. The Kier molecular flexibility index (Phi) is 7.36. The lowest BCUT2D eigenvalue weighted by Crippen LogP contribution is -2.45. The van der Waals surface area contributed by atoms with E-state index in [-0.39, 0.29) is 36.1 Å². The molecule has 0 aromatic heterocycles. The van der Waals surface area contributed by atoms with Gasteiger partial charge in [0.05, 0.1) is 6.04 Å². The summed E-state index contributed by atoms with van der Waals surface area (Å²) in [6.07, 6.45) is 1.67. The van der Waals surface area contributed by atoms with E-state index in [1.54, 1.807) is 0 Å². The number of ether oxygens (including phenoxy) is 1. The van der Waals surface area contributed by atoms with Crippen LogP contribution in [0.4, 0.5) is 4.79 Å². The molecule has 2 N–H and O–H groups in total. The van der Waals surface area contributed by atoms with Gasteiger partial charge in [-0.2, -0.15) is 0 Å². The van der Waals surface area contributed by atoms with Crippen LogP contribution in [-0.2, 0) is 11.2 Å². The lowest BCUT2D eigenvalue weighted by Gasteiger charge is -2.32. The number of nitrogens with zero attached hydrogens (tertiary/aromatic N) is 2. The second-order valence-corrected chi connectivity index (χ2v) is 8.11. The van der Waals surface area contributed by atoms with Gasteiger partial charge in [0.15, 0.2) is 5.96 Å². The Labute approximate surface area is 179 Å². The van der Waals surface area contributed by atoms with Crippen molar-refractivity contribution in [2.75, 3.05) is 26.7 Å². The third kappa shape index (κ3) is 5.73. The molecule has 1 amide bonds. The highest BCUT2D eigenvalue weighted by molar-refractivity contribution is 14.0. The first-order chi connectivity index (χ1) is 12.4. The molecule has 1 aromatic rings. The van der Waals surface area contributed by atoms with E-state index < -0.39 is 5.60 Å². The van der Waals surface area contributed by atoms with Crippen molar-refractivity contribution in [2.45, 2.75) is 51.2 Å². The van der Waals surface area contributed by atoms with Crippen LogP contribution in [0.1, 0.15) is 44.2 Å². The standard InChI is InChI=1S/C20H30N4O2.HI/c1-20(2,3)26-19(25)23-16-9-10-24(13-16)18(21-4)22-12-15-11-14-7-5-6-8-17(14)15;/h5-8,15-16H,9-13H2,1-4H3,(H,21,22)(H,23,25);1H. The van der Waals surface area contributed by atoms with Crippen molar-refractivity contribution in [2.24, 2.45) is 4.99 Å². The van der Waals surface area contributed by atoms with Crippen LogP contribution in [0.5, 0.6) is 0 Å². The van der Waals surface area contributed by atoms with E-state index in [9.17, 15) is 4.79 Å². The number of benzene rings is 1. The molecule has 0 radical (unpaired) electrons. The molecule has 27 heavy (non-hydrogen) atoms. The molecule has 0 bridgehead atoms. The number of carbonyl (C=O) groups is 1. The van der Waals surface area contributed by atoms with Crippen molar-refractivity contribution >= 4 is 36.0 Å². The molecule has 2 atom stereocenters. The van der Waals surface area contributed by atoms with E-state index in [2.05, 4.69) is 44.8 Å². The molecule has 1 heterocycles. The first kappa shape index (κ1) is 21.8. The number of hydrogen-bond donors (Lipinski definition) is 2. The summed E-state index contributed by atoms with van der Waals surface area (Å²) in [6, 6.07) is 8.71. The topological polar surface area (TPSA) is 66.0 Å². The molecule has 1 aliphatic heterocycles. The summed E-state index contributed by atoms with van der Waals surface area (Å²) in [4.78, 5) is 18.6. The van der Waals surface area contributed by atoms with Crippen molar-refractivity contribution in [3.8, 4) is 0 Å². The molecule has 1 saturated heterocycles. The minimum Gasteiger partial charge on any atom is -0.444 e. The van der Waals surface area contributed by atoms with Gasteiger partial charge < -0.3 is 20.3 Å². The predicted octanol–water partition coefficient (Wildman–Crippen LogP) is 3.12. The molecular formula is C20H31IN4O2. The number of alkyl carbamates (subject to hydrolysis) is 1. The first-order valence-electron chi connectivity index (χ1n) is 9.38. The molecule has 1 fully saturated rings. The van der Waals surface area contributed by atoms with Gasteiger partial charge in [-0.25, -0.2) is 4.79 Å². The summed E-state index contributed by atoms with van der Waals surface area (Å²) in [5, 5.41) is 6.46. The van der Waals surface area contributed by atoms with Gasteiger partial charge in [0.1, 0.15) is 5.60 Å². The number of halogens is 1. The Morgan fingerprint density at radius 3 is 2.74 bits per heavy atom. The normalized spacial score (nSPS) is 21.6. The smallest absolute Gasteiger partial charge is 0.407 e. The number of rotatable bonds is 3.